The van der Waals surface area contributed by atoms with Crippen LogP contribution in [0.25, 0.3) is 0 Å². The molecular formula is C30H34ClN3O4S. The summed E-state index contributed by atoms with van der Waals surface area (Å²) in [5, 5.41) is 3.26. The van der Waals surface area contributed by atoms with Crippen molar-refractivity contribution in [2.24, 2.45) is 5.92 Å². The maximum absolute atomic E-state index is 12.9. The average molecular weight is 568 g/mol. The molecule has 0 aliphatic carbocycles. The molecular weight excluding hydrogens is 534 g/mol. The molecule has 1 N–H and O–H groups in total. The molecule has 0 bridgehead atoms. The summed E-state index contributed by atoms with van der Waals surface area (Å²) in [5.41, 5.74) is 1.89. The molecule has 9 heteroatoms. The van der Waals surface area contributed by atoms with E-state index in [1.807, 2.05) is 23.1 Å². The molecule has 3 aromatic rings. The molecule has 2 aromatic carbocycles. The summed E-state index contributed by atoms with van der Waals surface area (Å²) in [6.07, 6.45) is 6.08. The fraction of sp³-hybridized carbons (Fsp3) is 0.367. The number of benzene rings is 2. The van der Waals surface area contributed by atoms with Gasteiger partial charge in [0, 0.05) is 49.0 Å². The molecule has 0 radical (unpaired) electrons. The Morgan fingerprint density at radius 2 is 1.79 bits per heavy atom. The highest BCUT2D eigenvalue weighted by molar-refractivity contribution is 7.90. The highest BCUT2D eigenvalue weighted by Crippen LogP contribution is 2.32. The van der Waals surface area contributed by atoms with Crippen LogP contribution in [0.2, 0.25) is 5.02 Å². The predicted octanol–water partition coefficient (Wildman–Crippen LogP) is 6.15. The minimum absolute atomic E-state index is 0.0250. The lowest BCUT2D eigenvalue weighted by Crippen LogP contribution is -2.35. The monoisotopic (exact) mass is 567 g/mol. The van der Waals surface area contributed by atoms with Gasteiger partial charge in [0.1, 0.15) is 5.78 Å². The number of carbonyl (C=O) groups excluding carboxylic acids is 2. The number of hydrogen-bond donors (Lipinski definition) is 1. The second kappa shape index (κ2) is 12.7. The van der Waals surface area contributed by atoms with E-state index in [9.17, 15) is 18.0 Å². The normalized spacial score (nSPS) is 15.1. The number of sulfone groups is 1. The highest BCUT2D eigenvalue weighted by Gasteiger charge is 2.26. The van der Waals surface area contributed by atoms with Gasteiger partial charge < -0.3 is 10.2 Å². The summed E-state index contributed by atoms with van der Waals surface area (Å²) >= 11 is 6.04. The number of piperidine rings is 1. The van der Waals surface area contributed by atoms with Crippen LogP contribution in [0.1, 0.15) is 60.9 Å². The van der Waals surface area contributed by atoms with E-state index in [1.54, 1.807) is 24.3 Å². The van der Waals surface area contributed by atoms with Gasteiger partial charge in [-0.25, -0.2) is 13.4 Å². The van der Waals surface area contributed by atoms with Gasteiger partial charge in [0.2, 0.25) is 0 Å². The van der Waals surface area contributed by atoms with Crippen molar-refractivity contribution in [1.82, 2.24) is 4.98 Å². The van der Waals surface area contributed by atoms with Crippen LogP contribution in [-0.2, 0) is 14.6 Å². The van der Waals surface area contributed by atoms with Crippen molar-refractivity contribution < 1.29 is 18.0 Å². The van der Waals surface area contributed by atoms with Crippen LogP contribution < -0.4 is 10.2 Å². The Balaban J connectivity index is 1.43. The summed E-state index contributed by atoms with van der Waals surface area (Å²) in [6, 6.07) is 18.2. The number of ketones is 1. The van der Waals surface area contributed by atoms with E-state index >= 15 is 0 Å². The van der Waals surface area contributed by atoms with Crippen LogP contribution in [0.3, 0.4) is 0 Å². The van der Waals surface area contributed by atoms with Gasteiger partial charge in [0.25, 0.3) is 5.91 Å². The second-order valence-corrected chi connectivity index (χ2v) is 12.6. The number of aromatic nitrogens is 1. The Labute approximate surface area is 235 Å². The van der Waals surface area contributed by atoms with E-state index in [-0.39, 0.29) is 22.5 Å². The zero-order valence-electron chi connectivity index (χ0n) is 22.3. The number of amides is 1. The van der Waals surface area contributed by atoms with Gasteiger partial charge in [0.05, 0.1) is 10.6 Å². The third kappa shape index (κ3) is 7.67. The predicted molar refractivity (Wildman–Crippen MR) is 155 cm³/mol. The van der Waals surface area contributed by atoms with Crippen molar-refractivity contribution in [2.75, 3.05) is 29.6 Å². The van der Waals surface area contributed by atoms with E-state index in [4.69, 9.17) is 11.6 Å². The average Bonchev–Trinajstić information content (AvgIpc) is 2.92. The lowest BCUT2D eigenvalue weighted by molar-refractivity contribution is -0.120. The maximum atomic E-state index is 12.9. The molecule has 39 heavy (non-hydrogen) atoms. The molecule has 1 amide bonds. The summed E-state index contributed by atoms with van der Waals surface area (Å²) in [6.45, 7) is 3.42. The number of rotatable bonds is 10. The van der Waals surface area contributed by atoms with Crippen molar-refractivity contribution >= 4 is 44.6 Å². The first-order valence-electron chi connectivity index (χ1n) is 13.2. The molecule has 2 heterocycles. The van der Waals surface area contributed by atoms with Gasteiger partial charge in [-0.3, -0.25) is 9.59 Å². The zero-order valence-corrected chi connectivity index (χ0v) is 23.8. The molecule has 0 spiro atoms. The highest BCUT2D eigenvalue weighted by atomic mass is 35.5. The topological polar surface area (TPSA) is 96.4 Å². The van der Waals surface area contributed by atoms with E-state index in [1.165, 1.54) is 17.8 Å². The molecule has 1 aliphatic heterocycles. The number of anilines is 2. The van der Waals surface area contributed by atoms with E-state index in [2.05, 4.69) is 29.4 Å². The van der Waals surface area contributed by atoms with Gasteiger partial charge in [0.15, 0.2) is 15.7 Å². The number of pyridine rings is 1. The molecule has 1 fully saturated rings. The van der Waals surface area contributed by atoms with Crippen LogP contribution in [0, 0.1) is 5.92 Å². The smallest absolute Gasteiger partial charge is 0.255 e. The summed E-state index contributed by atoms with van der Waals surface area (Å²) in [4.78, 5) is 32.4. The molecule has 0 saturated carbocycles. The minimum atomic E-state index is -3.53. The molecule has 0 unspecified atom stereocenters. The first kappa shape index (κ1) is 28.8. The minimum Gasteiger partial charge on any atom is -0.355 e. The van der Waals surface area contributed by atoms with Crippen LogP contribution in [0.15, 0.2) is 71.8 Å². The third-order valence-corrected chi connectivity index (χ3v) is 8.59. The van der Waals surface area contributed by atoms with Gasteiger partial charge >= 0.3 is 0 Å². The van der Waals surface area contributed by atoms with Gasteiger partial charge in [-0.2, -0.15) is 0 Å². The van der Waals surface area contributed by atoms with Crippen molar-refractivity contribution in [3.63, 3.8) is 0 Å². The standard InChI is InChI=1S/C30H34ClN3O4S/c1-3-22(23-8-5-4-6-9-23)18-26(35)16-21-12-14-34(15-13-21)29-28(19-27(20-32-29)39(2,37)38)33-30(36)24-10-7-11-25(31)17-24/h4-11,17,19-22H,3,12-16,18H2,1-2H3,(H,33,36)/t22-/m1/s1. The number of hydrogen-bond acceptors (Lipinski definition) is 6. The molecule has 7 nitrogen and oxygen atoms in total. The van der Waals surface area contributed by atoms with Crippen LogP contribution in [0.5, 0.6) is 0 Å². The number of nitrogens with one attached hydrogen (secondary N) is 1. The molecule has 206 valence electrons. The lowest BCUT2D eigenvalue weighted by atomic mass is 9.86. The largest absolute Gasteiger partial charge is 0.355 e. The first-order chi connectivity index (χ1) is 18.6. The Morgan fingerprint density at radius 3 is 2.44 bits per heavy atom. The molecule has 1 aromatic heterocycles. The Bertz CT molecular complexity index is 1420. The Hall–Kier alpha value is -3.23. The van der Waals surface area contributed by atoms with E-state index < -0.39 is 15.7 Å². The summed E-state index contributed by atoms with van der Waals surface area (Å²) in [7, 11) is -3.53. The Kier molecular flexibility index (Phi) is 9.40. The maximum Gasteiger partial charge on any atom is 0.255 e. The lowest BCUT2D eigenvalue weighted by Gasteiger charge is -2.34. The van der Waals surface area contributed by atoms with E-state index in [0.717, 1.165) is 25.5 Å². The SMILES string of the molecule is CC[C@H](CC(=O)CC1CCN(c2ncc(S(C)(=O)=O)cc2NC(=O)c2cccc(Cl)c2)CC1)c1ccccc1. The zero-order chi connectivity index (χ0) is 28.0. The molecule has 4 rings (SSSR count). The van der Waals surface area contributed by atoms with Crippen molar-refractivity contribution in [3.8, 4) is 0 Å². The van der Waals surface area contributed by atoms with Crippen molar-refractivity contribution in [1.29, 1.82) is 0 Å². The molecule has 1 saturated heterocycles. The summed E-state index contributed by atoms with van der Waals surface area (Å²) < 4.78 is 24.4. The van der Waals surface area contributed by atoms with Gasteiger partial charge in [-0.05, 0) is 60.9 Å². The Morgan fingerprint density at radius 1 is 1.08 bits per heavy atom. The molecule has 1 atom stereocenters. The third-order valence-electron chi connectivity index (χ3n) is 7.27. The van der Waals surface area contributed by atoms with Crippen LogP contribution >= 0.6 is 11.6 Å². The van der Waals surface area contributed by atoms with Gasteiger partial charge in [-0.15, -0.1) is 0 Å². The second-order valence-electron chi connectivity index (χ2n) is 10.2. The van der Waals surface area contributed by atoms with Crippen molar-refractivity contribution in [2.45, 2.75) is 49.8 Å². The number of nitrogens with zero attached hydrogens (tertiary/aromatic N) is 2. The van der Waals surface area contributed by atoms with Gasteiger partial charge in [-0.1, -0.05) is 54.9 Å². The summed E-state index contributed by atoms with van der Waals surface area (Å²) in [5.74, 6) is 0.909. The number of halogens is 1. The quantitative estimate of drug-likeness (QED) is 0.315. The number of Topliss-reactive ketones (excluding diaryl/α,β-unsaturated/α-hetero) is 1. The first-order valence-corrected chi connectivity index (χ1v) is 15.5. The fourth-order valence-electron chi connectivity index (χ4n) is 5.06. The van der Waals surface area contributed by atoms with Crippen LogP contribution in [0.4, 0.5) is 11.5 Å². The fourth-order valence-corrected chi connectivity index (χ4v) is 5.83. The molecule has 1 aliphatic rings. The van der Waals surface area contributed by atoms with Crippen molar-refractivity contribution in [3.05, 3.63) is 83.0 Å². The van der Waals surface area contributed by atoms with Crippen LogP contribution in [-0.4, -0.2) is 44.4 Å². The van der Waals surface area contributed by atoms with E-state index in [0.29, 0.717) is 48.0 Å². The number of carbonyl (C=O) groups is 2.